The van der Waals surface area contributed by atoms with Crippen LogP contribution in [0.5, 0.6) is 5.75 Å². The smallest absolute Gasteiger partial charge is 0.351 e. The monoisotopic (exact) mass is 392 g/mol. The number of carbonyl (C=O) groups excluding carboxylic acids is 1. The average Bonchev–Trinajstić information content (AvgIpc) is 3.39. The number of hydrogen-bond donors (Lipinski definition) is 0. The van der Waals surface area contributed by atoms with Crippen LogP contribution in [0.4, 0.5) is 0 Å². The summed E-state index contributed by atoms with van der Waals surface area (Å²) in [5, 5.41) is 4.58. The van der Waals surface area contributed by atoms with Crippen molar-refractivity contribution in [3.63, 3.8) is 0 Å². The zero-order valence-electron chi connectivity index (χ0n) is 16.5. The first-order valence-electron chi connectivity index (χ1n) is 9.81. The first-order chi connectivity index (χ1) is 14.2. The van der Waals surface area contributed by atoms with Gasteiger partial charge >= 0.3 is 5.69 Å². The molecule has 1 aromatic heterocycles. The Hall–Kier alpha value is -3.35. The maximum Gasteiger partial charge on any atom is 0.351 e. The van der Waals surface area contributed by atoms with E-state index >= 15 is 0 Å². The molecule has 1 amide bonds. The lowest BCUT2D eigenvalue weighted by atomic mass is 10.1. The van der Waals surface area contributed by atoms with Crippen LogP contribution >= 0.6 is 0 Å². The molecule has 0 N–H and O–H groups in total. The van der Waals surface area contributed by atoms with Gasteiger partial charge in [-0.15, -0.1) is 5.10 Å². The Kier molecular flexibility index (Phi) is 5.46. The van der Waals surface area contributed by atoms with Crippen LogP contribution in [0, 0.1) is 0 Å². The van der Waals surface area contributed by atoms with E-state index in [1.807, 2.05) is 47.4 Å². The number of carbonyl (C=O) groups is 1. The third-order valence-electron chi connectivity index (χ3n) is 5.21. The highest BCUT2D eigenvalue weighted by molar-refractivity contribution is 5.76. The highest BCUT2D eigenvalue weighted by Gasteiger charge is 2.23. The third kappa shape index (κ3) is 3.94. The van der Waals surface area contributed by atoms with Crippen molar-refractivity contribution in [2.24, 2.45) is 0 Å². The van der Waals surface area contributed by atoms with Gasteiger partial charge < -0.3 is 9.64 Å². The van der Waals surface area contributed by atoms with Crippen LogP contribution in [-0.4, -0.2) is 45.4 Å². The Balaban J connectivity index is 1.75. The molecule has 0 radical (unpaired) electrons. The number of nitrogens with zero attached hydrogens (tertiary/aromatic N) is 4. The number of aromatic nitrogens is 3. The molecule has 0 unspecified atom stereocenters. The Morgan fingerprint density at radius 2 is 1.72 bits per heavy atom. The highest BCUT2D eigenvalue weighted by Crippen LogP contribution is 2.20. The van der Waals surface area contributed by atoms with Gasteiger partial charge in [0.25, 0.3) is 0 Å². The van der Waals surface area contributed by atoms with Crippen LogP contribution in [0.1, 0.15) is 24.2 Å². The second kappa shape index (κ2) is 8.34. The molecule has 4 rings (SSSR count). The summed E-state index contributed by atoms with van der Waals surface area (Å²) in [4.78, 5) is 27.8. The van der Waals surface area contributed by atoms with E-state index in [0.29, 0.717) is 23.7 Å². The van der Waals surface area contributed by atoms with Gasteiger partial charge in [-0.05, 0) is 30.5 Å². The summed E-state index contributed by atoms with van der Waals surface area (Å²) in [6.45, 7) is 1.50. The summed E-state index contributed by atoms with van der Waals surface area (Å²) in [6.07, 6.45) is 2.49. The molecule has 7 nitrogen and oxygen atoms in total. The van der Waals surface area contributed by atoms with Crippen molar-refractivity contribution in [1.82, 2.24) is 19.2 Å². The van der Waals surface area contributed by atoms with E-state index in [1.54, 1.807) is 19.2 Å². The Labute approximate surface area is 169 Å². The summed E-state index contributed by atoms with van der Waals surface area (Å²) < 4.78 is 8.21. The number of para-hydroxylation sites is 2. The van der Waals surface area contributed by atoms with E-state index in [0.717, 1.165) is 31.5 Å². The van der Waals surface area contributed by atoms with Crippen molar-refractivity contribution in [2.45, 2.75) is 25.8 Å². The van der Waals surface area contributed by atoms with E-state index in [2.05, 4.69) is 5.10 Å². The minimum atomic E-state index is -0.340. The second-order valence-electron chi connectivity index (χ2n) is 7.12. The maximum absolute atomic E-state index is 13.2. The van der Waals surface area contributed by atoms with Crippen molar-refractivity contribution in [3.05, 3.63) is 76.5 Å². The highest BCUT2D eigenvalue weighted by atomic mass is 16.5. The lowest BCUT2D eigenvalue weighted by Crippen LogP contribution is -2.35. The van der Waals surface area contributed by atoms with Crippen LogP contribution in [0.3, 0.4) is 0 Å². The third-order valence-corrected chi connectivity index (χ3v) is 5.21. The number of amides is 1. The standard InChI is InChI=1S/C22H24N4O3/c1-29-19-12-6-5-11-18(19)26-22(28)25(16-21(27)24-13-7-8-14-24)20(23-26)15-17-9-3-2-4-10-17/h2-6,9-12H,7-8,13-16H2,1H3. The number of rotatable bonds is 6. The number of hydrogen-bond acceptors (Lipinski definition) is 4. The maximum atomic E-state index is 13.2. The molecule has 1 aliphatic heterocycles. The van der Waals surface area contributed by atoms with Crippen molar-refractivity contribution in [2.75, 3.05) is 20.2 Å². The van der Waals surface area contributed by atoms with Gasteiger partial charge in [0.1, 0.15) is 23.8 Å². The first kappa shape index (κ1) is 19.0. The summed E-state index contributed by atoms with van der Waals surface area (Å²) in [7, 11) is 1.56. The van der Waals surface area contributed by atoms with Crippen LogP contribution < -0.4 is 10.4 Å². The quantitative estimate of drug-likeness (QED) is 0.645. The molecule has 7 heteroatoms. The molecule has 29 heavy (non-hydrogen) atoms. The normalized spacial score (nSPS) is 13.6. The molecule has 2 heterocycles. The molecule has 0 spiro atoms. The molecular weight excluding hydrogens is 368 g/mol. The zero-order valence-corrected chi connectivity index (χ0v) is 16.5. The Bertz CT molecular complexity index is 1050. The van der Waals surface area contributed by atoms with Gasteiger partial charge in [0.15, 0.2) is 0 Å². The first-order valence-corrected chi connectivity index (χ1v) is 9.81. The summed E-state index contributed by atoms with van der Waals surface area (Å²) in [5.74, 6) is 1.06. The predicted octanol–water partition coefficient (Wildman–Crippen LogP) is 2.26. The van der Waals surface area contributed by atoms with Gasteiger partial charge in [-0.1, -0.05) is 42.5 Å². The van der Waals surface area contributed by atoms with Gasteiger partial charge in [0.05, 0.1) is 7.11 Å². The molecule has 0 saturated carbocycles. The molecule has 0 atom stereocenters. The average molecular weight is 392 g/mol. The number of methoxy groups -OCH3 is 1. The van der Waals surface area contributed by atoms with Gasteiger partial charge in [-0.2, -0.15) is 4.68 Å². The van der Waals surface area contributed by atoms with Gasteiger partial charge in [-0.25, -0.2) is 4.79 Å². The van der Waals surface area contributed by atoms with Gasteiger partial charge in [0.2, 0.25) is 5.91 Å². The lowest BCUT2D eigenvalue weighted by molar-refractivity contribution is -0.130. The molecule has 3 aromatic rings. The second-order valence-corrected chi connectivity index (χ2v) is 7.12. The number of likely N-dealkylation sites (tertiary alicyclic amines) is 1. The number of ether oxygens (including phenoxy) is 1. The van der Waals surface area contributed by atoms with E-state index in [-0.39, 0.29) is 18.1 Å². The molecule has 2 aromatic carbocycles. The van der Waals surface area contributed by atoms with Crippen LogP contribution in [0.25, 0.3) is 5.69 Å². The van der Waals surface area contributed by atoms with E-state index in [9.17, 15) is 9.59 Å². The molecule has 0 aliphatic carbocycles. The van der Waals surface area contributed by atoms with Crippen molar-refractivity contribution in [1.29, 1.82) is 0 Å². The van der Waals surface area contributed by atoms with Crippen LogP contribution in [0.2, 0.25) is 0 Å². The summed E-state index contributed by atoms with van der Waals surface area (Å²) in [6, 6.07) is 17.1. The molecule has 1 saturated heterocycles. The van der Waals surface area contributed by atoms with Gasteiger partial charge in [0, 0.05) is 19.5 Å². The van der Waals surface area contributed by atoms with Crippen LogP contribution in [0.15, 0.2) is 59.4 Å². The SMILES string of the molecule is COc1ccccc1-n1nc(Cc2ccccc2)n(CC(=O)N2CCCC2)c1=O. The largest absolute Gasteiger partial charge is 0.494 e. The zero-order chi connectivity index (χ0) is 20.2. The fourth-order valence-corrected chi connectivity index (χ4v) is 3.67. The van der Waals surface area contributed by atoms with E-state index in [1.165, 1.54) is 9.25 Å². The van der Waals surface area contributed by atoms with Crippen molar-refractivity contribution in [3.8, 4) is 11.4 Å². The molecule has 150 valence electrons. The number of benzene rings is 2. The van der Waals surface area contributed by atoms with Gasteiger partial charge in [-0.3, -0.25) is 9.36 Å². The molecule has 0 bridgehead atoms. The van der Waals surface area contributed by atoms with Crippen LogP contribution in [-0.2, 0) is 17.8 Å². The Morgan fingerprint density at radius 1 is 1.03 bits per heavy atom. The fourth-order valence-electron chi connectivity index (χ4n) is 3.67. The van der Waals surface area contributed by atoms with E-state index < -0.39 is 0 Å². The van der Waals surface area contributed by atoms with E-state index in [4.69, 9.17) is 4.74 Å². The minimum absolute atomic E-state index is 0.00382. The molecule has 1 aliphatic rings. The summed E-state index contributed by atoms with van der Waals surface area (Å²) in [5.41, 5.74) is 1.24. The minimum Gasteiger partial charge on any atom is -0.494 e. The lowest BCUT2D eigenvalue weighted by Gasteiger charge is -2.15. The predicted molar refractivity (Wildman–Crippen MR) is 109 cm³/mol. The molecular formula is C22H24N4O3. The fraction of sp³-hybridized carbons (Fsp3) is 0.318. The molecule has 1 fully saturated rings. The van der Waals surface area contributed by atoms with Crippen molar-refractivity contribution < 1.29 is 9.53 Å². The Morgan fingerprint density at radius 3 is 2.45 bits per heavy atom. The summed E-state index contributed by atoms with van der Waals surface area (Å²) >= 11 is 0. The van der Waals surface area contributed by atoms with Crippen molar-refractivity contribution >= 4 is 5.91 Å². The topological polar surface area (TPSA) is 69.4 Å².